The highest BCUT2D eigenvalue weighted by Crippen LogP contribution is 2.39. The first-order valence-electron chi connectivity index (χ1n) is 7.92. The van der Waals surface area contributed by atoms with E-state index in [2.05, 4.69) is 5.32 Å². The Morgan fingerprint density at radius 3 is 2.54 bits per heavy atom. The minimum absolute atomic E-state index is 0.0177. The maximum absolute atomic E-state index is 12.6. The molecule has 0 aliphatic carbocycles. The van der Waals surface area contributed by atoms with Gasteiger partial charge in [-0.2, -0.15) is 0 Å². The number of hydrogen-bond acceptors (Lipinski definition) is 6. The molecular formula is C18H14N2O6. The zero-order valence-corrected chi connectivity index (χ0v) is 13.8. The molecule has 0 fully saturated rings. The summed E-state index contributed by atoms with van der Waals surface area (Å²) in [6, 6.07) is 9.89. The minimum Gasteiger partial charge on any atom is -0.486 e. The van der Waals surface area contributed by atoms with Crippen molar-refractivity contribution in [1.29, 1.82) is 0 Å². The van der Waals surface area contributed by atoms with Crippen LogP contribution in [0.2, 0.25) is 0 Å². The maximum atomic E-state index is 12.6. The van der Waals surface area contributed by atoms with Crippen molar-refractivity contribution in [2.45, 2.75) is 6.92 Å². The van der Waals surface area contributed by atoms with Crippen LogP contribution in [0.25, 0.3) is 11.0 Å². The Labute approximate surface area is 147 Å². The number of rotatable bonds is 3. The average Bonchev–Trinajstić information content (AvgIpc) is 2.98. The van der Waals surface area contributed by atoms with Gasteiger partial charge < -0.3 is 19.2 Å². The number of furan rings is 1. The van der Waals surface area contributed by atoms with E-state index < -0.39 is 10.8 Å². The van der Waals surface area contributed by atoms with Crippen molar-refractivity contribution in [1.82, 2.24) is 0 Å². The summed E-state index contributed by atoms with van der Waals surface area (Å²) < 4.78 is 16.4. The number of para-hydroxylation sites is 1. The summed E-state index contributed by atoms with van der Waals surface area (Å²) in [6.45, 7) is 2.41. The molecule has 1 aromatic heterocycles. The van der Waals surface area contributed by atoms with E-state index >= 15 is 0 Å². The number of nitrogens with zero attached hydrogens (tertiary/aromatic N) is 1. The van der Waals surface area contributed by atoms with Gasteiger partial charge in [0.25, 0.3) is 11.6 Å². The number of ether oxygens (including phenoxy) is 2. The summed E-state index contributed by atoms with van der Waals surface area (Å²) in [5.41, 5.74) is 0.977. The van der Waals surface area contributed by atoms with Crippen molar-refractivity contribution in [2.75, 3.05) is 18.5 Å². The van der Waals surface area contributed by atoms with Gasteiger partial charge in [-0.3, -0.25) is 14.9 Å². The number of nitro benzene ring substituents is 1. The van der Waals surface area contributed by atoms with Gasteiger partial charge in [0.2, 0.25) is 0 Å². The quantitative estimate of drug-likeness (QED) is 0.568. The number of carbonyl (C=O) groups excluding carboxylic acids is 1. The fourth-order valence-corrected chi connectivity index (χ4v) is 2.90. The highest BCUT2D eigenvalue weighted by molar-refractivity contribution is 6.07. The predicted molar refractivity (Wildman–Crippen MR) is 93.0 cm³/mol. The number of aryl methyl sites for hydroxylation is 1. The molecule has 26 heavy (non-hydrogen) atoms. The van der Waals surface area contributed by atoms with Crippen molar-refractivity contribution in [2.24, 2.45) is 0 Å². The van der Waals surface area contributed by atoms with Crippen LogP contribution in [0.3, 0.4) is 0 Å². The number of carbonyl (C=O) groups is 1. The number of hydrogen-bond donors (Lipinski definition) is 1. The standard InChI is InChI=1S/C18H14N2O6/c1-10-11-4-2-3-5-14(11)26-17(10)18(21)19-12-8-15-16(25-7-6-24-15)9-13(12)20(22)23/h2-5,8-9H,6-7H2,1H3,(H,19,21). The molecule has 1 aliphatic rings. The molecule has 1 N–H and O–H groups in total. The predicted octanol–water partition coefficient (Wildman–Crippen LogP) is 3.67. The maximum Gasteiger partial charge on any atom is 0.296 e. The van der Waals surface area contributed by atoms with E-state index in [9.17, 15) is 14.9 Å². The SMILES string of the molecule is Cc1c(C(=O)Nc2cc3c(cc2[N+](=O)[O-])OCCO3)oc2ccccc12. The fraction of sp³-hybridized carbons (Fsp3) is 0.167. The molecule has 0 saturated carbocycles. The second kappa shape index (κ2) is 6.07. The first-order valence-corrected chi connectivity index (χ1v) is 7.92. The Hall–Kier alpha value is -3.55. The minimum atomic E-state index is -0.584. The molecule has 3 aromatic rings. The molecular weight excluding hydrogens is 340 g/mol. The molecule has 8 heteroatoms. The van der Waals surface area contributed by atoms with Crippen molar-refractivity contribution in [3.05, 3.63) is 57.8 Å². The third-order valence-corrected chi connectivity index (χ3v) is 4.16. The number of anilines is 1. The molecule has 0 saturated heterocycles. The Morgan fingerprint density at radius 2 is 1.85 bits per heavy atom. The van der Waals surface area contributed by atoms with Crippen LogP contribution in [-0.2, 0) is 0 Å². The molecule has 2 heterocycles. The van der Waals surface area contributed by atoms with E-state index in [-0.39, 0.29) is 22.9 Å². The first-order chi connectivity index (χ1) is 12.5. The molecule has 4 rings (SSSR count). The lowest BCUT2D eigenvalue weighted by Crippen LogP contribution is -2.17. The smallest absolute Gasteiger partial charge is 0.296 e. The van der Waals surface area contributed by atoms with Crippen LogP contribution in [-0.4, -0.2) is 24.0 Å². The average molecular weight is 354 g/mol. The van der Waals surface area contributed by atoms with E-state index in [1.807, 2.05) is 12.1 Å². The highest BCUT2D eigenvalue weighted by atomic mass is 16.6. The third kappa shape index (κ3) is 2.61. The van der Waals surface area contributed by atoms with Gasteiger partial charge >= 0.3 is 0 Å². The number of amides is 1. The lowest BCUT2D eigenvalue weighted by Gasteiger charge is -2.19. The van der Waals surface area contributed by atoms with Gasteiger partial charge in [0.15, 0.2) is 17.3 Å². The molecule has 1 aliphatic heterocycles. The van der Waals surface area contributed by atoms with Crippen LogP contribution in [0.1, 0.15) is 16.1 Å². The van der Waals surface area contributed by atoms with Crippen molar-refractivity contribution in [3.8, 4) is 11.5 Å². The number of nitro groups is 1. The van der Waals surface area contributed by atoms with Gasteiger partial charge in [0, 0.05) is 17.0 Å². The van der Waals surface area contributed by atoms with Gasteiger partial charge in [-0.25, -0.2) is 0 Å². The molecule has 0 atom stereocenters. The zero-order valence-electron chi connectivity index (χ0n) is 13.8. The Balaban J connectivity index is 1.72. The Morgan fingerprint density at radius 1 is 1.15 bits per heavy atom. The van der Waals surface area contributed by atoms with E-state index in [0.717, 1.165) is 5.39 Å². The molecule has 0 unspecified atom stereocenters. The second-order valence-electron chi connectivity index (χ2n) is 5.78. The van der Waals surface area contributed by atoms with Crippen LogP contribution in [0.15, 0.2) is 40.8 Å². The molecule has 1 amide bonds. The number of nitrogens with one attached hydrogen (secondary N) is 1. The third-order valence-electron chi connectivity index (χ3n) is 4.16. The van der Waals surface area contributed by atoms with Crippen molar-refractivity contribution >= 4 is 28.3 Å². The molecule has 2 aromatic carbocycles. The van der Waals surface area contributed by atoms with Crippen LogP contribution in [0, 0.1) is 17.0 Å². The van der Waals surface area contributed by atoms with E-state index in [1.165, 1.54) is 12.1 Å². The molecule has 0 bridgehead atoms. The Kier molecular flexibility index (Phi) is 3.72. The summed E-state index contributed by atoms with van der Waals surface area (Å²) >= 11 is 0. The molecule has 0 spiro atoms. The Bertz CT molecular complexity index is 1040. The van der Waals surface area contributed by atoms with Gasteiger partial charge in [-0.15, -0.1) is 0 Å². The van der Waals surface area contributed by atoms with Gasteiger partial charge in [0.1, 0.15) is 24.5 Å². The fourth-order valence-electron chi connectivity index (χ4n) is 2.90. The lowest BCUT2D eigenvalue weighted by atomic mass is 10.1. The summed E-state index contributed by atoms with van der Waals surface area (Å²) in [5, 5.41) is 14.7. The van der Waals surface area contributed by atoms with Crippen LogP contribution < -0.4 is 14.8 Å². The first kappa shape index (κ1) is 15.9. The van der Waals surface area contributed by atoms with Gasteiger partial charge in [0.05, 0.1) is 11.0 Å². The number of benzene rings is 2. The van der Waals surface area contributed by atoms with Gasteiger partial charge in [-0.1, -0.05) is 18.2 Å². The van der Waals surface area contributed by atoms with Crippen molar-refractivity contribution in [3.63, 3.8) is 0 Å². The largest absolute Gasteiger partial charge is 0.486 e. The molecule has 8 nitrogen and oxygen atoms in total. The van der Waals surface area contributed by atoms with E-state index in [4.69, 9.17) is 13.9 Å². The molecule has 0 radical (unpaired) electrons. The summed E-state index contributed by atoms with van der Waals surface area (Å²) in [5.74, 6) is 0.160. The molecule has 132 valence electrons. The van der Waals surface area contributed by atoms with Crippen LogP contribution >= 0.6 is 0 Å². The van der Waals surface area contributed by atoms with Crippen molar-refractivity contribution < 1.29 is 23.6 Å². The monoisotopic (exact) mass is 354 g/mol. The summed E-state index contributed by atoms with van der Waals surface area (Å²) in [4.78, 5) is 23.4. The second-order valence-corrected chi connectivity index (χ2v) is 5.78. The van der Waals surface area contributed by atoms with E-state index in [0.29, 0.717) is 30.1 Å². The van der Waals surface area contributed by atoms with E-state index in [1.54, 1.807) is 19.1 Å². The lowest BCUT2D eigenvalue weighted by molar-refractivity contribution is -0.384. The summed E-state index contributed by atoms with van der Waals surface area (Å²) in [6.07, 6.45) is 0. The van der Waals surface area contributed by atoms with Crippen LogP contribution in [0.4, 0.5) is 11.4 Å². The number of fused-ring (bicyclic) bond motifs is 2. The topological polar surface area (TPSA) is 104 Å². The van der Waals surface area contributed by atoms with Gasteiger partial charge in [-0.05, 0) is 13.0 Å². The van der Waals surface area contributed by atoms with Crippen LogP contribution in [0.5, 0.6) is 11.5 Å². The normalized spacial score (nSPS) is 12.8. The summed E-state index contributed by atoms with van der Waals surface area (Å²) in [7, 11) is 0. The highest BCUT2D eigenvalue weighted by Gasteiger charge is 2.25. The zero-order chi connectivity index (χ0) is 18.3.